The van der Waals surface area contributed by atoms with Crippen molar-refractivity contribution in [3.63, 3.8) is 0 Å². The van der Waals surface area contributed by atoms with Gasteiger partial charge in [0, 0.05) is 6.54 Å². The maximum atomic E-state index is 13.1. The highest BCUT2D eigenvalue weighted by atomic mass is 32.2. The molecule has 1 aromatic heterocycles. The number of aryl methyl sites for hydroxylation is 1. The summed E-state index contributed by atoms with van der Waals surface area (Å²) in [5.41, 5.74) is -0.278. The number of sulfonamides is 1. The fourth-order valence-corrected chi connectivity index (χ4v) is 5.77. The third-order valence-electron chi connectivity index (χ3n) is 6.35. The quantitative estimate of drug-likeness (QED) is 0.535. The van der Waals surface area contributed by atoms with E-state index in [-0.39, 0.29) is 17.6 Å². The molecule has 3 atom stereocenters. The van der Waals surface area contributed by atoms with Crippen LogP contribution >= 0.6 is 0 Å². The van der Waals surface area contributed by atoms with Crippen molar-refractivity contribution >= 4 is 10.0 Å². The van der Waals surface area contributed by atoms with Gasteiger partial charge in [0.2, 0.25) is 10.0 Å². The van der Waals surface area contributed by atoms with E-state index in [9.17, 15) is 23.0 Å². The number of benzene rings is 1. The van der Waals surface area contributed by atoms with Crippen molar-refractivity contribution in [3.8, 4) is 0 Å². The number of hydrogen-bond acceptors (Lipinski definition) is 7. The first-order valence-electron chi connectivity index (χ1n) is 11.0. The molecule has 9 nitrogen and oxygen atoms in total. The fraction of sp³-hybridized carbons (Fsp3) is 0.619. The molecule has 3 N–H and O–H groups in total. The summed E-state index contributed by atoms with van der Waals surface area (Å²) < 4.78 is 48.5. The standard InChI is InChI=1S/C21H29FN4O5S/c22-15-3-6-17(7-4-15)32(29,30)24-18-8-5-16(31-19(18)14-27)9-12-26-13-20(23-25-26)21(28)10-1-2-11-21/h3-4,6-7,13,16,18-19,24,27-28H,1-2,5,8-12,14H2/t16-,18-,19-/m1/s1. The smallest absolute Gasteiger partial charge is 0.240 e. The summed E-state index contributed by atoms with van der Waals surface area (Å²) in [6.07, 6.45) is 6.01. The normalized spacial score (nSPS) is 25.8. The number of ether oxygens (including phenoxy) is 1. The molecule has 176 valence electrons. The molecule has 0 spiro atoms. The number of rotatable bonds is 8. The van der Waals surface area contributed by atoms with Crippen LogP contribution in [-0.2, 0) is 26.9 Å². The minimum absolute atomic E-state index is 0.0383. The number of nitrogens with zero attached hydrogens (tertiary/aromatic N) is 3. The first-order chi connectivity index (χ1) is 15.3. The Kier molecular flexibility index (Phi) is 6.91. The van der Waals surface area contributed by atoms with Crippen molar-refractivity contribution in [3.05, 3.63) is 42.0 Å². The predicted molar refractivity (Wildman–Crippen MR) is 112 cm³/mol. The van der Waals surface area contributed by atoms with Gasteiger partial charge in [0.05, 0.1) is 35.9 Å². The van der Waals surface area contributed by atoms with E-state index >= 15 is 0 Å². The van der Waals surface area contributed by atoms with Gasteiger partial charge in [0.1, 0.15) is 17.1 Å². The highest BCUT2D eigenvalue weighted by Gasteiger charge is 2.36. The Balaban J connectivity index is 1.32. The number of halogens is 1. The van der Waals surface area contributed by atoms with Gasteiger partial charge in [0.15, 0.2) is 0 Å². The first-order valence-corrected chi connectivity index (χ1v) is 12.4. The van der Waals surface area contributed by atoms with Crippen LogP contribution in [-0.4, -0.2) is 58.5 Å². The monoisotopic (exact) mass is 468 g/mol. The number of nitrogens with one attached hydrogen (secondary N) is 1. The molecule has 0 bridgehead atoms. The van der Waals surface area contributed by atoms with Crippen molar-refractivity contribution < 1.29 is 27.8 Å². The van der Waals surface area contributed by atoms with Crippen LogP contribution in [0, 0.1) is 5.82 Å². The molecular formula is C21H29FN4O5S. The second kappa shape index (κ2) is 9.52. The van der Waals surface area contributed by atoms with Gasteiger partial charge in [-0.25, -0.2) is 17.5 Å². The molecule has 1 aliphatic heterocycles. The van der Waals surface area contributed by atoms with Crippen molar-refractivity contribution in [1.82, 2.24) is 19.7 Å². The maximum absolute atomic E-state index is 13.1. The Hall–Kier alpha value is -1.92. The number of hydrogen-bond donors (Lipinski definition) is 3. The second-order valence-electron chi connectivity index (χ2n) is 8.63. The van der Waals surface area contributed by atoms with E-state index in [0.29, 0.717) is 44.3 Å². The highest BCUT2D eigenvalue weighted by molar-refractivity contribution is 7.89. The summed E-state index contributed by atoms with van der Waals surface area (Å²) in [5.74, 6) is -0.516. The Labute approximate surface area is 186 Å². The minimum atomic E-state index is -3.86. The van der Waals surface area contributed by atoms with Gasteiger partial charge < -0.3 is 14.9 Å². The lowest BCUT2D eigenvalue weighted by molar-refractivity contribution is -0.0891. The second-order valence-corrected chi connectivity index (χ2v) is 10.3. The van der Waals surface area contributed by atoms with Crippen molar-refractivity contribution in [2.75, 3.05) is 6.61 Å². The highest BCUT2D eigenvalue weighted by Crippen LogP contribution is 2.37. The van der Waals surface area contributed by atoms with Gasteiger partial charge >= 0.3 is 0 Å². The van der Waals surface area contributed by atoms with Crippen LogP contribution in [0.1, 0.15) is 50.6 Å². The number of aliphatic hydroxyl groups excluding tert-OH is 1. The van der Waals surface area contributed by atoms with Crippen LogP contribution < -0.4 is 4.72 Å². The molecule has 1 aliphatic carbocycles. The molecule has 11 heteroatoms. The Morgan fingerprint density at radius 3 is 2.62 bits per heavy atom. The third-order valence-corrected chi connectivity index (χ3v) is 7.86. The molecule has 0 unspecified atom stereocenters. The lowest BCUT2D eigenvalue weighted by Crippen LogP contribution is -2.50. The van der Waals surface area contributed by atoms with E-state index in [1.807, 2.05) is 0 Å². The number of aliphatic hydroxyl groups is 2. The summed E-state index contributed by atoms with van der Waals surface area (Å²) in [6.45, 7) is 0.214. The van der Waals surface area contributed by atoms with Gasteiger partial charge in [0.25, 0.3) is 0 Å². The van der Waals surface area contributed by atoms with Crippen LogP contribution in [0.4, 0.5) is 4.39 Å². The summed E-state index contributed by atoms with van der Waals surface area (Å²) >= 11 is 0. The predicted octanol–water partition coefficient (Wildman–Crippen LogP) is 1.46. The lowest BCUT2D eigenvalue weighted by Gasteiger charge is -2.36. The Bertz CT molecular complexity index is 1010. The molecule has 0 amide bonds. The van der Waals surface area contributed by atoms with Crippen LogP contribution in [0.3, 0.4) is 0 Å². The average Bonchev–Trinajstić information content (AvgIpc) is 3.43. The molecule has 2 aromatic rings. The lowest BCUT2D eigenvalue weighted by atomic mass is 9.98. The van der Waals surface area contributed by atoms with Gasteiger partial charge in [-0.2, -0.15) is 0 Å². The SMILES string of the molecule is O=S(=O)(N[C@@H]1CC[C@H](CCn2cc(C3(O)CCCC3)nn2)O[C@@H]1CO)c1ccc(F)cc1. The topological polar surface area (TPSA) is 127 Å². The molecule has 32 heavy (non-hydrogen) atoms. The summed E-state index contributed by atoms with van der Waals surface area (Å²) in [4.78, 5) is -0.0383. The Morgan fingerprint density at radius 1 is 1.22 bits per heavy atom. The van der Waals surface area contributed by atoms with Crippen LogP contribution in [0.2, 0.25) is 0 Å². The molecular weight excluding hydrogens is 439 g/mol. The van der Waals surface area contributed by atoms with Crippen molar-refractivity contribution in [2.24, 2.45) is 0 Å². The largest absolute Gasteiger partial charge is 0.394 e. The van der Waals surface area contributed by atoms with E-state index in [1.165, 1.54) is 12.1 Å². The fourth-order valence-electron chi connectivity index (χ4n) is 4.47. The summed E-state index contributed by atoms with van der Waals surface area (Å²) in [6, 6.07) is 4.00. The maximum Gasteiger partial charge on any atom is 0.240 e. The zero-order valence-corrected chi connectivity index (χ0v) is 18.5. The van der Waals surface area contributed by atoms with E-state index in [4.69, 9.17) is 4.74 Å². The molecule has 0 radical (unpaired) electrons. The zero-order valence-electron chi connectivity index (χ0n) is 17.7. The van der Waals surface area contributed by atoms with Crippen molar-refractivity contribution in [2.45, 2.75) is 80.2 Å². The van der Waals surface area contributed by atoms with E-state index < -0.39 is 33.6 Å². The third kappa shape index (κ3) is 5.18. The van der Waals surface area contributed by atoms with Gasteiger partial charge in [-0.05, 0) is 56.4 Å². The molecule has 2 heterocycles. The Morgan fingerprint density at radius 2 is 1.94 bits per heavy atom. The van der Waals surface area contributed by atoms with Crippen LogP contribution in [0.5, 0.6) is 0 Å². The minimum Gasteiger partial charge on any atom is -0.394 e. The summed E-state index contributed by atoms with van der Waals surface area (Å²) in [5, 5.41) is 28.6. The summed E-state index contributed by atoms with van der Waals surface area (Å²) in [7, 11) is -3.86. The van der Waals surface area contributed by atoms with E-state index in [2.05, 4.69) is 15.0 Å². The molecule has 2 fully saturated rings. The molecule has 1 saturated heterocycles. The van der Waals surface area contributed by atoms with Crippen LogP contribution in [0.25, 0.3) is 0 Å². The molecule has 4 rings (SSSR count). The first kappa shape index (κ1) is 23.2. The van der Waals surface area contributed by atoms with Gasteiger partial charge in [-0.1, -0.05) is 18.1 Å². The van der Waals surface area contributed by atoms with E-state index in [0.717, 1.165) is 25.0 Å². The molecule has 1 aromatic carbocycles. The zero-order chi connectivity index (χ0) is 22.8. The van der Waals surface area contributed by atoms with Gasteiger partial charge in [-0.3, -0.25) is 4.68 Å². The molecule has 2 aliphatic rings. The van der Waals surface area contributed by atoms with Crippen molar-refractivity contribution in [1.29, 1.82) is 0 Å². The van der Waals surface area contributed by atoms with Crippen LogP contribution in [0.15, 0.2) is 35.4 Å². The van der Waals surface area contributed by atoms with E-state index in [1.54, 1.807) is 10.9 Å². The average molecular weight is 469 g/mol. The molecule has 1 saturated carbocycles. The van der Waals surface area contributed by atoms with Gasteiger partial charge in [-0.15, -0.1) is 5.10 Å². The number of aromatic nitrogens is 3.